The van der Waals surface area contributed by atoms with E-state index in [0.29, 0.717) is 38.9 Å². The van der Waals surface area contributed by atoms with Crippen LogP contribution in [0.3, 0.4) is 0 Å². The Bertz CT molecular complexity index is 1210. The van der Waals surface area contributed by atoms with Crippen LogP contribution in [0.25, 0.3) is 11.4 Å². The maximum absolute atomic E-state index is 14.0. The highest BCUT2D eigenvalue weighted by Gasteiger charge is 2.29. The van der Waals surface area contributed by atoms with Crippen molar-refractivity contribution in [3.63, 3.8) is 0 Å². The standard InChI is InChI=1S/C26H29F2N5O2/c1-16-4-3-5-22(29-16)25-26(31-21-10-13-33(17(2)34)15-23(21)30-25)32-11-8-19(9-12-32)35-24-7-6-18(27)14-20(24)28/h3-7,14,17,19,34H,8-13,15H2,1-2H3. The van der Waals surface area contributed by atoms with Gasteiger partial charge in [-0.15, -0.1) is 0 Å². The number of aromatic nitrogens is 3. The first-order chi connectivity index (χ1) is 16.9. The van der Waals surface area contributed by atoms with E-state index >= 15 is 0 Å². The number of rotatable bonds is 5. The second kappa shape index (κ2) is 9.83. The number of pyridine rings is 1. The Kier molecular flexibility index (Phi) is 6.62. The van der Waals surface area contributed by atoms with E-state index in [9.17, 15) is 13.9 Å². The second-order valence-corrected chi connectivity index (χ2v) is 9.18. The molecule has 5 rings (SSSR count). The van der Waals surface area contributed by atoms with E-state index in [0.717, 1.165) is 46.9 Å². The number of benzene rings is 1. The minimum atomic E-state index is -0.688. The number of fused-ring (bicyclic) bond motifs is 1. The van der Waals surface area contributed by atoms with Crippen molar-refractivity contribution in [1.82, 2.24) is 19.9 Å². The Balaban J connectivity index is 1.40. The van der Waals surface area contributed by atoms with Gasteiger partial charge in [0.1, 0.15) is 23.8 Å². The minimum Gasteiger partial charge on any atom is -0.487 e. The molecule has 1 atom stereocenters. The SMILES string of the molecule is Cc1cccc(-c2nc3c(nc2N2CCC(Oc4ccc(F)cc4F)CC2)CCN(C(C)O)C3)n1. The summed E-state index contributed by atoms with van der Waals surface area (Å²) in [5, 5.41) is 10.0. The summed E-state index contributed by atoms with van der Waals surface area (Å²) < 4.78 is 33.1. The fraction of sp³-hybridized carbons (Fsp3) is 0.423. The number of halogens is 2. The molecule has 0 bridgehead atoms. The van der Waals surface area contributed by atoms with Crippen molar-refractivity contribution in [3.8, 4) is 17.1 Å². The van der Waals surface area contributed by atoms with E-state index in [1.807, 2.05) is 30.0 Å². The van der Waals surface area contributed by atoms with E-state index in [2.05, 4.69) is 4.90 Å². The highest BCUT2D eigenvalue weighted by atomic mass is 19.1. The monoisotopic (exact) mass is 481 g/mol. The van der Waals surface area contributed by atoms with Crippen molar-refractivity contribution in [2.45, 2.75) is 52.0 Å². The van der Waals surface area contributed by atoms with E-state index in [-0.39, 0.29) is 11.9 Å². The average molecular weight is 482 g/mol. The molecule has 1 unspecified atom stereocenters. The molecule has 2 aromatic heterocycles. The molecule has 4 heterocycles. The molecule has 3 aromatic rings. The molecule has 184 valence electrons. The van der Waals surface area contributed by atoms with Gasteiger partial charge in [0.05, 0.1) is 17.1 Å². The molecular weight excluding hydrogens is 452 g/mol. The molecular formula is C26H29F2N5O2. The van der Waals surface area contributed by atoms with Crippen LogP contribution in [0.15, 0.2) is 36.4 Å². The predicted octanol–water partition coefficient (Wildman–Crippen LogP) is 3.87. The number of nitrogens with zero attached hydrogens (tertiary/aromatic N) is 5. The van der Waals surface area contributed by atoms with Crippen molar-refractivity contribution >= 4 is 5.82 Å². The van der Waals surface area contributed by atoms with E-state index < -0.39 is 17.9 Å². The van der Waals surface area contributed by atoms with E-state index in [4.69, 9.17) is 19.7 Å². The summed E-state index contributed by atoms with van der Waals surface area (Å²) in [6.07, 6.45) is 1.34. The Morgan fingerprint density at radius 3 is 2.54 bits per heavy atom. The van der Waals surface area contributed by atoms with Crippen molar-refractivity contribution in [2.24, 2.45) is 0 Å². The van der Waals surface area contributed by atoms with Gasteiger partial charge in [-0.3, -0.25) is 9.88 Å². The maximum atomic E-state index is 14.0. The summed E-state index contributed by atoms with van der Waals surface area (Å²) in [7, 11) is 0. The molecule has 0 aliphatic carbocycles. The lowest BCUT2D eigenvalue weighted by molar-refractivity contribution is 0.00771. The summed E-state index contributed by atoms with van der Waals surface area (Å²) in [5.74, 6) is -0.443. The van der Waals surface area contributed by atoms with Crippen LogP contribution in [-0.2, 0) is 13.0 Å². The third-order valence-electron chi connectivity index (χ3n) is 6.61. The molecule has 35 heavy (non-hydrogen) atoms. The number of aryl methyl sites for hydroxylation is 1. The van der Waals surface area contributed by atoms with Gasteiger partial charge in [0.2, 0.25) is 0 Å². The van der Waals surface area contributed by atoms with Crippen LogP contribution in [0.5, 0.6) is 5.75 Å². The van der Waals surface area contributed by atoms with Gasteiger partial charge in [-0.2, -0.15) is 0 Å². The van der Waals surface area contributed by atoms with Crippen LogP contribution >= 0.6 is 0 Å². The summed E-state index contributed by atoms with van der Waals surface area (Å²) in [6.45, 7) is 6.30. The molecule has 1 N–H and O–H groups in total. The molecule has 1 aromatic carbocycles. The topological polar surface area (TPSA) is 74.6 Å². The van der Waals surface area contributed by atoms with Gasteiger partial charge >= 0.3 is 0 Å². The Morgan fingerprint density at radius 1 is 1.03 bits per heavy atom. The largest absolute Gasteiger partial charge is 0.487 e. The lowest BCUT2D eigenvalue weighted by Gasteiger charge is -2.35. The number of piperidine rings is 1. The number of ether oxygens (including phenoxy) is 1. The first-order valence-electron chi connectivity index (χ1n) is 12.0. The van der Waals surface area contributed by atoms with Gasteiger partial charge in [0.25, 0.3) is 0 Å². The summed E-state index contributed by atoms with van der Waals surface area (Å²) in [4.78, 5) is 18.9. The molecule has 1 fully saturated rings. The quantitative estimate of drug-likeness (QED) is 0.593. The fourth-order valence-corrected chi connectivity index (χ4v) is 4.66. The number of anilines is 1. The Labute approximate surface area is 203 Å². The van der Waals surface area contributed by atoms with Gasteiger partial charge in [0.15, 0.2) is 17.4 Å². The van der Waals surface area contributed by atoms with E-state index in [1.165, 1.54) is 12.1 Å². The smallest absolute Gasteiger partial charge is 0.167 e. The molecule has 9 heteroatoms. The first kappa shape index (κ1) is 23.6. The molecule has 2 aliphatic rings. The van der Waals surface area contributed by atoms with Crippen LogP contribution in [0.1, 0.15) is 36.8 Å². The van der Waals surface area contributed by atoms with E-state index in [1.54, 1.807) is 6.92 Å². The predicted molar refractivity (Wildman–Crippen MR) is 128 cm³/mol. The van der Waals surface area contributed by atoms with Crippen LogP contribution in [0.4, 0.5) is 14.6 Å². The van der Waals surface area contributed by atoms with Gasteiger partial charge in [-0.05, 0) is 38.1 Å². The fourth-order valence-electron chi connectivity index (χ4n) is 4.66. The van der Waals surface area contributed by atoms with Gasteiger partial charge in [0, 0.05) is 57.2 Å². The van der Waals surface area contributed by atoms with Gasteiger partial charge < -0.3 is 14.7 Å². The molecule has 1 saturated heterocycles. The van der Waals surface area contributed by atoms with Crippen LogP contribution < -0.4 is 9.64 Å². The van der Waals surface area contributed by atoms with Crippen LogP contribution in [-0.4, -0.2) is 56.9 Å². The average Bonchev–Trinajstić information content (AvgIpc) is 2.85. The number of aliphatic hydroxyl groups excluding tert-OH is 1. The molecule has 0 spiro atoms. The third kappa shape index (κ3) is 5.11. The summed E-state index contributed by atoms with van der Waals surface area (Å²) in [5.41, 5.74) is 4.19. The third-order valence-corrected chi connectivity index (χ3v) is 6.61. The number of hydrogen-bond donors (Lipinski definition) is 1. The van der Waals surface area contributed by atoms with Gasteiger partial charge in [-0.25, -0.2) is 18.7 Å². The molecule has 0 radical (unpaired) electrons. The highest BCUT2D eigenvalue weighted by molar-refractivity contribution is 5.70. The first-order valence-corrected chi connectivity index (χ1v) is 12.0. The highest BCUT2D eigenvalue weighted by Crippen LogP contribution is 2.32. The summed E-state index contributed by atoms with van der Waals surface area (Å²) >= 11 is 0. The lowest BCUT2D eigenvalue weighted by Crippen LogP contribution is -2.41. The summed E-state index contributed by atoms with van der Waals surface area (Å²) in [6, 6.07) is 9.23. The zero-order valence-electron chi connectivity index (χ0n) is 19.9. The molecule has 2 aliphatic heterocycles. The number of hydrogen-bond acceptors (Lipinski definition) is 7. The van der Waals surface area contributed by atoms with Crippen molar-refractivity contribution < 1.29 is 18.6 Å². The maximum Gasteiger partial charge on any atom is 0.167 e. The zero-order chi connectivity index (χ0) is 24.5. The van der Waals surface area contributed by atoms with Crippen molar-refractivity contribution in [1.29, 1.82) is 0 Å². The van der Waals surface area contributed by atoms with Gasteiger partial charge in [-0.1, -0.05) is 6.07 Å². The van der Waals surface area contributed by atoms with Crippen LogP contribution in [0, 0.1) is 18.6 Å². The molecule has 0 amide bonds. The molecule has 0 saturated carbocycles. The van der Waals surface area contributed by atoms with Crippen molar-refractivity contribution in [3.05, 3.63) is 65.1 Å². The number of aliphatic hydroxyl groups is 1. The second-order valence-electron chi connectivity index (χ2n) is 9.18. The lowest BCUT2D eigenvalue weighted by atomic mass is 10.1. The normalized spacial score (nSPS) is 17.8. The minimum absolute atomic E-state index is 0.0748. The zero-order valence-corrected chi connectivity index (χ0v) is 19.9. The van der Waals surface area contributed by atoms with Crippen molar-refractivity contribution in [2.75, 3.05) is 24.5 Å². The Morgan fingerprint density at radius 2 is 1.83 bits per heavy atom. The Hall–Kier alpha value is -3.17. The van der Waals surface area contributed by atoms with Crippen LogP contribution in [0.2, 0.25) is 0 Å². The molecule has 7 nitrogen and oxygen atoms in total.